The van der Waals surface area contributed by atoms with E-state index in [9.17, 15) is 28.8 Å². The average Bonchev–Trinajstić information content (AvgIpc) is 2.92. The average molecular weight is 647 g/mol. The van der Waals surface area contributed by atoms with Crippen molar-refractivity contribution in [3.05, 3.63) is 0 Å². The first kappa shape index (κ1) is 37.8. The van der Waals surface area contributed by atoms with Crippen LogP contribution in [0.5, 0.6) is 0 Å². The van der Waals surface area contributed by atoms with Gasteiger partial charge >= 0.3 is 23.9 Å². The molecule has 2 saturated heterocycles. The Balaban J connectivity index is 2.42. The molecule has 0 spiro atoms. The number of carbonyl (C=O) groups excluding carboxylic acids is 6. The van der Waals surface area contributed by atoms with Crippen LogP contribution in [0.1, 0.15) is 74.1 Å². The number of unbranched alkanes of at least 4 members (excludes halogenated alkanes) is 2. The zero-order chi connectivity index (χ0) is 33.8. The van der Waals surface area contributed by atoms with E-state index in [0.29, 0.717) is 19.3 Å². The van der Waals surface area contributed by atoms with Crippen molar-refractivity contribution < 1.29 is 66.7 Å². The van der Waals surface area contributed by atoms with Gasteiger partial charge in [0, 0.05) is 47.6 Å². The summed E-state index contributed by atoms with van der Waals surface area (Å²) >= 11 is 0. The fraction of sp³-hybridized carbons (Fsp3) is 0.793. The summed E-state index contributed by atoms with van der Waals surface area (Å²) in [5.74, 6) is -3.36. The minimum atomic E-state index is -1.43. The van der Waals surface area contributed by atoms with Crippen LogP contribution in [0, 0.1) is 0 Å². The highest BCUT2D eigenvalue weighted by Crippen LogP contribution is 2.33. The van der Waals surface area contributed by atoms with Crippen molar-refractivity contribution in [3.63, 3.8) is 0 Å². The highest BCUT2D eigenvalue weighted by atomic mass is 16.7. The summed E-state index contributed by atoms with van der Waals surface area (Å²) in [4.78, 5) is 72.2. The molecule has 2 N–H and O–H groups in total. The van der Waals surface area contributed by atoms with Crippen molar-refractivity contribution in [2.75, 3.05) is 13.7 Å². The highest BCUT2D eigenvalue weighted by molar-refractivity contribution is 5.74. The monoisotopic (exact) mass is 646 g/mol. The summed E-state index contributed by atoms with van der Waals surface area (Å²) in [7, 11) is 1.32. The maximum Gasteiger partial charge on any atom is 0.305 e. The van der Waals surface area contributed by atoms with Crippen LogP contribution in [0.15, 0.2) is 0 Å². The normalized spacial score (nSPS) is 31.2. The second-order valence-corrected chi connectivity index (χ2v) is 11.0. The molecule has 2 heterocycles. The smallest absolute Gasteiger partial charge is 0.305 e. The number of ether oxygens (including phenoxy) is 8. The van der Waals surface area contributed by atoms with Crippen LogP contribution in [0.4, 0.5) is 0 Å². The highest BCUT2D eigenvalue weighted by Gasteiger charge is 2.54. The third-order valence-electron chi connectivity index (χ3n) is 7.07. The number of esters is 4. The number of hydrogen-bond acceptors (Lipinski definition) is 14. The second kappa shape index (κ2) is 18.0. The molecule has 10 atom stereocenters. The van der Waals surface area contributed by atoms with E-state index in [0.717, 1.165) is 13.8 Å². The summed E-state index contributed by atoms with van der Waals surface area (Å²) in [6.45, 7) is 9.48. The van der Waals surface area contributed by atoms with Gasteiger partial charge in [0.15, 0.2) is 30.9 Å². The van der Waals surface area contributed by atoms with Gasteiger partial charge in [0.2, 0.25) is 11.8 Å². The van der Waals surface area contributed by atoms with Gasteiger partial charge in [0.05, 0.1) is 31.4 Å². The molecule has 0 aliphatic carbocycles. The molecule has 256 valence electrons. The van der Waals surface area contributed by atoms with Gasteiger partial charge in [-0.25, -0.2) is 0 Å². The van der Waals surface area contributed by atoms with Gasteiger partial charge in [-0.2, -0.15) is 0 Å². The van der Waals surface area contributed by atoms with Gasteiger partial charge in [-0.3, -0.25) is 28.8 Å². The molecule has 0 saturated carbocycles. The molecule has 0 bridgehead atoms. The molecule has 0 aromatic heterocycles. The van der Waals surface area contributed by atoms with Gasteiger partial charge in [-0.05, 0) is 26.7 Å². The Morgan fingerprint density at radius 3 is 1.58 bits per heavy atom. The molecule has 0 radical (unpaired) electrons. The standard InChI is InChI=1S/C29H46N2O14/c1-14-23(31-17(4)33)25(26(43-19(6)35)28(40-14)39-13-11-9-10-12-21(37)38-8)45-29-27(44-20(7)36)24(42-18(5)34)22(15(2)41-29)30-16(3)32/h14-15,22-29H,9-13H2,1-8H3,(H,30,32)(H,31,33)/t14-,15-,22-,23-,24+,25+,26+,27+,28+,29-/m1/s1. The van der Waals surface area contributed by atoms with Crippen LogP contribution in [-0.2, 0) is 66.7 Å². The molecule has 0 aromatic rings. The number of rotatable bonds is 14. The summed E-state index contributed by atoms with van der Waals surface area (Å²) < 4.78 is 45.8. The Bertz CT molecular complexity index is 1050. The van der Waals surface area contributed by atoms with E-state index in [1.54, 1.807) is 13.8 Å². The Kier molecular flexibility index (Phi) is 15.1. The first-order chi connectivity index (χ1) is 21.1. The van der Waals surface area contributed by atoms with Gasteiger partial charge in [-0.15, -0.1) is 0 Å². The lowest BCUT2D eigenvalue weighted by Crippen LogP contribution is -2.69. The van der Waals surface area contributed by atoms with Crippen molar-refractivity contribution in [1.82, 2.24) is 10.6 Å². The Labute approximate surface area is 262 Å². The first-order valence-corrected chi connectivity index (χ1v) is 14.8. The van der Waals surface area contributed by atoms with Crippen molar-refractivity contribution >= 4 is 35.7 Å². The number of nitrogens with one attached hydrogen (secondary N) is 2. The summed E-state index contributed by atoms with van der Waals surface area (Å²) in [5.41, 5.74) is 0. The fourth-order valence-corrected chi connectivity index (χ4v) is 5.24. The number of methoxy groups -OCH3 is 1. The van der Waals surface area contributed by atoms with E-state index in [1.165, 1.54) is 27.9 Å². The number of amides is 2. The van der Waals surface area contributed by atoms with Crippen LogP contribution >= 0.6 is 0 Å². The van der Waals surface area contributed by atoms with Gasteiger partial charge in [0.1, 0.15) is 6.10 Å². The van der Waals surface area contributed by atoms with Crippen molar-refractivity contribution in [2.45, 2.75) is 135 Å². The Morgan fingerprint density at radius 2 is 1.09 bits per heavy atom. The van der Waals surface area contributed by atoms with E-state index >= 15 is 0 Å². The quantitative estimate of drug-likeness (QED) is 0.149. The molecule has 16 nitrogen and oxygen atoms in total. The number of hydrogen-bond donors (Lipinski definition) is 2. The molecule has 45 heavy (non-hydrogen) atoms. The Hall–Kier alpha value is -3.34. The minimum absolute atomic E-state index is 0.174. The zero-order valence-electron chi connectivity index (χ0n) is 27.0. The van der Waals surface area contributed by atoms with Crippen molar-refractivity contribution in [1.29, 1.82) is 0 Å². The molecular weight excluding hydrogens is 600 g/mol. The van der Waals surface area contributed by atoms with Crippen LogP contribution in [0.25, 0.3) is 0 Å². The van der Waals surface area contributed by atoms with Crippen LogP contribution < -0.4 is 10.6 Å². The maximum atomic E-state index is 12.3. The molecule has 2 amide bonds. The summed E-state index contributed by atoms with van der Waals surface area (Å²) in [5, 5.41) is 5.42. The van der Waals surface area contributed by atoms with Gasteiger partial charge in [-0.1, -0.05) is 6.42 Å². The molecular formula is C29H46N2O14. The maximum absolute atomic E-state index is 12.3. The van der Waals surface area contributed by atoms with Gasteiger partial charge < -0.3 is 48.5 Å². The van der Waals surface area contributed by atoms with Crippen molar-refractivity contribution in [3.8, 4) is 0 Å². The number of carbonyl (C=O) groups is 6. The van der Waals surface area contributed by atoms with E-state index in [-0.39, 0.29) is 19.0 Å². The molecule has 16 heteroatoms. The summed E-state index contributed by atoms with van der Waals surface area (Å²) in [6, 6.07) is -1.83. The van der Waals surface area contributed by atoms with Crippen molar-refractivity contribution in [2.24, 2.45) is 0 Å². The third-order valence-corrected chi connectivity index (χ3v) is 7.07. The molecule has 2 aliphatic rings. The largest absolute Gasteiger partial charge is 0.469 e. The Morgan fingerprint density at radius 1 is 0.622 bits per heavy atom. The lowest BCUT2D eigenvalue weighted by Gasteiger charge is -2.49. The lowest BCUT2D eigenvalue weighted by atomic mass is 9.94. The SMILES string of the molecule is COC(=O)CCCCCO[C@H]1O[C@H](C)[C@@H](NC(C)=O)[C@H](O[C@H]2O[C@H](C)[C@@H](NC(C)=O)[C@H](OC(C)=O)[C@@H]2OC(C)=O)[C@@H]1OC(C)=O. The predicted octanol–water partition coefficient (Wildman–Crippen LogP) is 0.416. The molecule has 0 aromatic carbocycles. The summed E-state index contributed by atoms with van der Waals surface area (Å²) in [6.07, 6.45) is -7.15. The van der Waals surface area contributed by atoms with E-state index in [2.05, 4.69) is 15.4 Å². The second-order valence-electron chi connectivity index (χ2n) is 11.0. The topological polar surface area (TPSA) is 200 Å². The van der Waals surface area contributed by atoms with Gasteiger partial charge in [0.25, 0.3) is 0 Å². The predicted molar refractivity (Wildman–Crippen MR) is 152 cm³/mol. The minimum Gasteiger partial charge on any atom is -0.469 e. The molecule has 0 unspecified atom stereocenters. The fourth-order valence-electron chi connectivity index (χ4n) is 5.24. The van der Waals surface area contributed by atoms with E-state index in [1.807, 2.05) is 0 Å². The van der Waals surface area contributed by atoms with E-state index < -0.39 is 91.0 Å². The lowest BCUT2D eigenvalue weighted by molar-refractivity contribution is -0.335. The molecule has 2 aliphatic heterocycles. The molecule has 2 rings (SSSR count). The van der Waals surface area contributed by atoms with Crippen LogP contribution in [-0.4, -0.2) is 111 Å². The van der Waals surface area contributed by atoms with Crippen LogP contribution in [0.2, 0.25) is 0 Å². The first-order valence-electron chi connectivity index (χ1n) is 14.8. The zero-order valence-corrected chi connectivity index (χ0v) is 27.0. The van der Waals surface area contributed by atoms with Crippen LogP contribution in [0.3, 0.4) is 0 Å². The van der Waals surface area contributed by atoms with E-state index in [4.69, 9.17) is 33.2 Å². The molecule has 2 fully saturated rings. The third kappa shape index (κ3) is 11.8.